The molecule has 0 radical (unpaired) electrons. The number of nitrogens with zero attached hydrogens (tertiary/aromatic N) is 1. The number of aliphatic hydroxyl groups is 1. The van der Waals surface area contributed by atoms with Gasteiger partial charge in [0.05, 0.1) is 24.4 Å². The first kappa shape index (κ1) is 11.3. The second-order valence-corrected chi connectivity index (χ2v) is 3.26. The fraction of sp³-hybridized carbons (Fsp3) is 0.375. The highest BCUT2D eigenvalue weighted by Gasteiger charge is 2.18. The first-order valence-electron chi connectivity index (χ1n) is 3.72. The highest BCUT2D eigenvalue weighted by atomic mass is 79.9. The molecule has 6 heteroatoms. The third-order valence-corrected chi connectivity index (χ3v) is 2.58. The molecule has 0 atom stereocenters. The molecule has 3 nitrogen and oxygen atoms in total. The minimum Gasteiger partial charge on any atom is -0.495 e. The van der Waals surface area contributed by atoms with Gasteiger partial charge >= 0.3 is 0 Å². The fourth-order valence-electron chi connectivity index (χ4n) is 1.00. The maximum absolute atomic E-state index is 12.4. The van der Waals surface area contributed by atoms with Gasteiger partial charge in [0, 0.05) is 5.56 Å². The zero-order valence-electron chi connectivity index (χ0n) is 7.30. The highest BCUT2D eigenvalue weighted by Crippen LogP contribution is 2.33. The Kier molecular flexibility index (Phi) is 3.77. The Morgan fingerprint density at radius 1 is 1.64 bits per heavy atom. The lowest BCUT2D eigenvalue weighted by Crippen LogP contribution is -2.00. The van der Waals surface area contributed by atoms with Crippen LogP contribution in [0.2, 0.25) is 0 Å². The van der Waals surface area contributed by atoms with Crippen LogP contribution < -0.4 is 4.74 Å². The van der Waals surface area contributed by atoms with Gasteiger partial charge in [-0.2, -0.15) is 0 Å². The quantitative estimate of drug-likeness (QED) is 0.914. The SMILES string of the molecule is COc1cnc(C(F)F)c(Br)c1CO. The first-order valence-corrected chi connectivity index (χ1v) is 4.51. The molecular formula is C8H8BrF2NO2. The largest absolute Gasteiger partial charge is 0.495 e. The van der Waals surface area contributed by atoms with Crippen molar-refractivity contribution >= 4 is 15.9 Å². The van der Waals surface area contributed by atoms with Crippen molar-refractivity contribution in [2.45, 2.75) is 13.0 Å². The standard InChI is InChI=1S/C8H8BrF2NO2/c1-14-5-2-12-7(8(10)11)6(9)4(5)3-13/h2,8,13H,3H2,1H3. The number of hydrogen-bond acceptors (Lipinski definition) is 3. The molecule has 0 aromatic carbocycles. The van der Waals surface area contributed by atoms with Crippen LogP contribution in [0.3, 0.4) is 0 Å². The first-order chi connectivity index (χ1) is 6.61. The van der Waals surface area contributed by atoms with E-state index in [0.717, 1.165) is 6.20 Å². The van der Waals surface area contributed by atoms with Gasteiger partial charge in [-0.1, -0.05) is 0 Å². The molecule has 0 amide bonds. The van der Waals surface area contributed by atoms with E-state index in [4.69, 9.17) is 9.84 Å². The predicted octanol–water partition coefficient (Wildman–Crippen LogP) is 2.28. The van der Waals surface area contributed by atoms with E-state index in [1.807, 2.05) is 0 Å². The summed E-state index contributed by atoms with van der Waals surface area (Å²) in [4.78, 5) is 3.52. The molecule has 0 spiro atoms. The van der Waals surface area contributed by atoms with Crippen LogP contribution >= 0.6 is 15.9 Å². The smallest absolute Gasteiger partial charge is 0.281 e. The summed E-state index contributed by atoms with van der Waals surface area (Å²) in [5.41, 5.74) is -0.118. The number of methoxy groups -OCH3 is 1. The summed E-state index contributed by atoms with van der Waals surface area (Å²) < 4.78 is 29.7. The molecule has 0 aliphatic carbocycles. The number of pyridine rings is 1. The Morgan fingerprint density at radius 2 is 2.29 bits per heavy atom. The lowest BCUT2D eigenvalue weighted by molar-refractivity contribution is 0.144. The Morgan fingerprint density at radius 3 is 2.71 bits per heavy atom. The zero-order valence-corrected chi connectivity index (χ0v) is 8.88. The number of hydrogen-bond donors (Lipinski definition) is 1. The molecule has 0 saturated heterocycles. The summed E-state index contributed by atoms with van der Waals surface area (Å²) >= 11 is 2.95. The second-order valence-electron chi connectivity index (χ2n) is 2.46. The van der Waals surface area contributed by atoms with Crippen molar-refractivity contribution in [1.82, 2.24) is 4.98 Å². The lowest BCUT2D eigenvalue weighted by atomic mass is 10.2. The van der Waals surface area contributed by atoms with E-state index in [0.29, 0.717) is 0 Å². The van der Waals surface area contributed by atoms with Gasteiger partial charge in [-0.15, -0.1) is 0 Å². The average molecular weight is 268 g/mol. The van der Waals surface area contributed by atoms with Crippen LogP contribution in [0.5, 0.6) is 5.75 Å². The average Bonchev–Trinajstić information content (AvgIpc) is 2.16. The maximum atomic E-state index is 12.4. The molecule has 0 fully saturated rings. The van der Waals surface area contributed by atoms with E-state index in [9.17, 15) is 8.78 Å². The molecular weight excluding hydrogens is 260 g/mol. The lowest BCUT2D eigenvalue weighted by Gasteiger charge is -2.10. The summed E-state index contributed by atoms with van der Waals surface area (Å²) in [5, 5.41) is 8.95. The summed E-state index contributed by atoms with van der Waals surface area (Å²) in [7, 11) is 1.38. The summed E-state index contributed by atoms with van der Waals surface area (Å²) in [5.74, 6) is 0.281. The number of halogens is 3. The van der Waals surface area contributed by atoms with Crippen LogP contribution in [0.4, 0.5) is 8.78 Å². The van der Waals surface area contributed by atoms with Crippen LogP contribution in [0, 0.1) is 0 Å². The molecule has 0 unspecified atom stereocenters. The molecule has 1 aromatic heterocycles. The normalized spacial score (nSPS) is 10.7. The monoisotopic (exact) mass is 267 g/mol. The molecule has 14 heavy (non-hydrogen) atoms. The Balaban J connectivity index is 3.27. The summed E-state index contributed by atoms with van der Waals surface area (Å²) in [6.45, 7) is -0.383. The number of aliphatic hydroxyl groups excluding tert-OH is 1. The number of rotatable bonds is 3. The van der Waals surface area contributed by atoms with E-state index in [2.05, 4.69) is 20.9 Å². The molecule has 1 rings (SSSR count). The third-order valence-electron chi connectivity index (χ3n) is 1.69. The van der Waals surface area contributed by atoms with Crippen molar-refractivity contribution in [1.29, 1.82) is 0 Å². The van der Waals surface area contributed by atoms with Gasteiger partial charge in [0.15, 0.2) is 0 Å². The highest BCUT2D eigenvalue weighted by molar-refractivity contribution is 9.10. The summed E-state index contributed by atoms with van der Waals surface area (Å²) in [6.07, 6.45) is -1.52. The van der Waals surface area contributed by atoms with Gasteiger partial charge in [-0.25, -0.2) is 8.78 Å². The van der Waals surface area contributed by atoms with Crippen molar-refractivity contribution in [2.75, 3.05) is 7.11 Å². The Labute approximate surface area is 87.9 Å². The van der Waals surface area contributed by atoms with Crippen LogP contribution in [-0.2, 0) is 6.61 Å². The molecule has 0 saturated carbocycles. The van der Waals surface area contributed by atoms with Gasteiger partial charge in [0.2, 0.25) is 0 Å². The van der Waals surface area contributed by atoms with E-state index < -0.39 is 12.1 Å². The van der Waals surface area contributed by atoms with Crippen molar-refractivity contribution in [3.63, 3.8) is 0 Å². The molecule has 0 bridgehead atoms. The number of ether oxygens (including phenoxy) is 1. The fourth-order valence-corrected chi connectivity index (χ4v) is 1.60. The number of aromatic nitrogens is 1. The minimum absolute atomic E-state index is 0.0920. The van der Waals surface area contributed by atoms with E-state index in [1.54, 1.807) is 0 Å². The van der Waals surface area contributed by atoms with Crippen molar-refractivity contribution in [3.8, 4) is 5.75 Å². The maximum Gasteiger partial charge on any atom is 0.281 e. The minimum atomic E-state index is -2.68. The van der Waals surface area contributed by atoms with Crippen LogP contribution in [-0.4, -0.2) is 17.2 Å². The summed E-state index contributed by atoms with van der Waals surface area (Å²) in [6, 6.07) is 0. The molecule has 0 aliphatic rings. The van der Waals surface area contributed by atoms with Gasteiger partial charge in [-0.3, -0.25) is 4.98 Å². The van der Waals surface area contributed by atoms with E-state index in [-0.39, 0.29) is 22.4 Å². The predicted molar refractivity (Wildman–Crippen MR) is 49.4 cm³/mol. The van der Waals surface area contributed by atoms with E-state index >= 15 is 0 Å². The Bertz CT molecular complexity index is 333. The molecule has 78 valence electrons. The molecule has 1 aromatic rings. The zero-order chi connectivity index (χ0) is 10.7. The van der Waals surface area contributed by atoms with E-state index in [1.165, 1.54) is 7.11 Å². The van der Waals surface area contributed by atoms with Gasteiger partial charge < -0.3 is 9.84 Å². The molecule has 1 N–H and O–H groups in total. The van der Waals surface area contributed by atoms with Gasteiger partial charge in [-0.05, 0) is 15.9 Å². The van der Waals surface area contributed by atoms with Gasteiger partial charge in [0.1, 0.15) is 11.4 Å². The molecule has 0 aliphatic heterocycles. The topological polar surface area (TPSA) is 42.4 Å². The van der Waals surface area contributed by atoms with Crippen LogP contribution in [0.25, 0.3) is 0 Å². The molecule has 1 heterocycles. The van der Waals surface area contributed by atoms with Crippen LogP contribution in [0.1, 0.15) is 17.7 Å². The van der Waals surface area contributed by atoms with Crippen molar-refractivity contribution in [2.24, 2.45) is 0 Å². The third kappa shape index (κ3) is 2.01. The van der Waals surface area contributed by atoms with Crippen molar-refractivity contribution in [3.05, 3.63) is 21.9 Å². The second kappa shape index (κ2) is 4.65. The van der Waals surface area contributed by atoms with Gasteiger partial charge in [0.25, 0.3) is 6.43 Å². The number of alkyl halides is 2. The van der Waals surface area contributed by atoms with Crippen molar-refractivity contribution < 1.29 is 18.6 Å². The van der Waals surface area contributed by atoms with Crippen LogP contribution in [0.15, 0.2) is 10.7 Å². The Hall–Kier alpha value is -0.750.